The molecule has 0 bridgehead atoms. The van der Waals surface area contributed by atoms with Crippen LogP contribution in [0.15, 0.2) is 16.5 Å². The van der Waals surface area contributed by atoms with Crippen molar-refractivity contribution in [3.63, 3.8) is 0 Å². The lowest BCUT2D eigenvalue weighted by atomic mass is 10.1. The molecule has 1 atom stereocenters. The van der Waals surface area contributed by atoms with Crippen molar-refractivity contribution in [2.75, 3.05) is 13.1 Å². The van der Waals surface area contributed by atoms with Crippen molar-refractivity contribution in [1.29, 1.82) is 0 Å². The normalized spacial score (nSPS) is 20.9. The van der Waals surface area contributed by atoms with Crippen molar-refractivity contribution in [2.24, 2.45) is 0 Å². The van der Waals surface area contributed by atoms with Gasteiger partial charge in [0, 0.05) is 6.54 Å². The van der Waals surface area contributed by atoms with Crippen LogP contribution in [0, 0.1) is 10.1 Å². The maximum Gasteiger partial charge on any atom is 0.433 e. The Hall–Kier alpha value is -1.40. The van der Waals surface area contributed by atoms with E-state index < -0.39 is 4.92 Å². The van der Waals surface area contributed by atoms with Gasteiger partial charge in [-0.15, -0.1) is 0 Å². The molecule has 1 N–H and O–H groups in total. The Labute approximate surface area is 92.7 Å². The lowest BCUT2D eigenvalue weighted by Gasteiger charge is -2.22. The number of rotatable bonds is 4. The number of piperidine rings is 1. The summed E-state index contributed by atoms with van der Waals surface area (Å²) in [4.78, 5) is 9.83. The van der Waals surface area contributed by atoms with Crippen molar-refractivity contribution in [3.8, 4) is 0 Å². The van der Waals surface area contributed by atoms with Crippen molar-refractivity contribution in [2.45, 2.75) is 25.6 Å². The molecular formula is C10H14N2O4. The first-order valence-electron chi connectivity index (χ1n) is 5.31. The van der Waals surface area contributed by atoms with Crippen LogP contribution in [-0.4, -0.2) is 24.1 Å². The van der Waals surface area contributed by atoms with Crippen LogP contribution in [0.5, 0.6) is 0 Å². The maximum atomic E-state index is 10.4. The van der Waals surface area contributed by atoms with Crippen LogP contribution in [-0.2, 0) is 11.3 Å². The molecule has 0 aromatic carbocycles. The first kappa shape index (κ1) is 11.1. The number of nitrogens with zero attached hydrogens (tertiary/aromatic N) is 1. The van der Waals surface area contributed by atoms with Crippen molar-refractivity contribution in [3.05, 3.63) is 28.0 Å². The molecule has 0 amide bonds. The average Bonchev–Trinajstić information content (AvgIpc) is 2.76. The average molecular weight is 226 g/mol. The summed E-state index contributed by atoms with van der Waals surface area (Å²) in [5.74, 6) is 0.262. The lowest BCUT2D eigenvalue weighted by molar-refractivity contribution is -0.402. The highest BCUT2D eigenvalue weighted by molar-refractivity contribution is 5.17. The Morgan fingerprint density at radius 3 is 3.12 bits per heavy atom. The van der Waals surface area contributed by atoms with E-state index >= 15 is 0 Å². The van der Waals surface area contributed by atoms with Gasteiger partial charge in [0.15, 0.2) is 0 Å². The summed E-state index contributed by atoms with van der Waals surface area (Å²) in [5, 5.41) is 13.6. The SMILES string of the molecule is O=[N+]([O-])c1ccc(COC2CCCNC2)o1. The van der Waals surface area contributed by atoms with E-state index in [9.17, 15) is 10.1 Å². The Morgan fingerprint density at radius 1 is 1.62 bits per heavy atom. The van der Waals surface area contributed by atoms with Gasteiger partial charge in [0.2, 0.25) is 0 Å². The number of hydrogen-bond donors (Lipinski definition) is 1. The lowest BCUT2D eigenvalue weighted by Crippen LogP contribution is -2.35. The van der Waals surface area contributed by atoms with Crippen LogP contribution < -0.4 is 5.32 Å². The highest BCUT2D eigenvalue weighted by Crippen LogP contribution is 2.17. The largest absolute Gasteiger partial charge is 0.433 e. The van der Waals surface area contributed by atoms with Gasteiger partial charge in [0.05, 0.1) is 12.2 Å². The van der Waals surface area contributed by atoms with Crippen molar-refractivity contribution >= 4 is 5.88 Å². The van der Waals surface area contributed by atoms with Crippen LogP contribution in [0.2, 0.25) is 0 Å². The second kappa shape index (κ2) is 5.09. The molecule has 0 saturated carbocycles. The van der Waals surface area contributed by atoms with E-state index in [4.69, 9.17) is 9.15 Å². The zero-order chi connectivity index (χ0) is 11.4. The van der Waals surface area contributed by atoms with Gasteiger partial charge in [-0.05, 0) is 25.5 Å². The number of ether oxygens (including phenoxy) is 1. The zero-order valence-electron chi connectivity index (χ0n) is 8.85. The quantitative estimate of drug-likeness (QED) is 0.621. The van der Waals surface area contributed by atoms with E-state index in [1.807, 2.05) is 0 Å². The minimum Gasteiger partial charge on any atom is -0.403 e. The van der Waals surface area contributed by atoms with E-state index in [1.165, 1.54) is 6.07 Å². The zero-order valence-corrected chi connectivity index (χ0v) is 8.85. The summed E-state index contributed by atoms with van der Waals surface area (Å²) in [7, 11) is 0. The first-order valence-corrected chi connectivity index (χ1v) is 5.31. The number of nitro groups is 1. The molecular weight excluding hydrogens is 212 g/mol. The Kier molecular flexibility index (Phi) is 3.53. The Bertz CT molecular complexity index is 357. The molecule has 6 nitrogen and oxygen atoms in total. The predicted molar refractivity (Wildman–Crippen MR) is 56.0 cm³/mol. The summed E-state index contributed by atoms with van der Waals surface area (Å²) in [6, 6.07) is 2.92. The Morgan fingerprint density at radius 2 is 2.50 bits per heavy atom. The number of nitrogens with one attached hydrogen (secondary N) is 1. The van der Waals surface area contributed by atoms with E-state index in [0.717, 1.165) is 25.9 Å². The third-order valence-corrected chi connectivity index (χ3v) is 2.54. The smallest absolute Gasteiger partial charge is 0.403 e. The summed E-state index contributed by atoms with van der Waals surface area (Å²) in [6.45, 7) is 2.16. The fourth-order valence-corrected chi connectivity index (χ4v) is 1.70. The predicted octanol–water partition coefficient (Wildman–Crippen LogP) is 1.46. The minimum absolute atomic E-state index is 0.179. The van der Waals surface area contributed by atoms with Gasteiger partial charge in [0.25, 0.3) is 0 Å². The van der Waals surface area contributed by atoms with Crippen LogP contribution in [0.25, 0.3) is 0 Å². The third kappa shape index (κ3) is 2.80. The molecule has 1 aliphatic heterocycles. The molecule has 0 spiro atoms. The molecule has 1 fully saturated rings. The monoisotopic (exact) mass is 226 g/mol. The molecule has 0 radical (unpaired) electrons. The molecule has 1 aliphatic rings. The van der Waals surface area contributed by atoms with Gasteiger partial charge in [-0.2, -0.15) is 0 Å². The molecule has 1 aromatic heterocycles. The van der Waals surface area contributed by atoms with Crippen molar-refractivity contribution < 1.29 is 14.1 Å². The fourth-order valence-electron chi connectivity index (χ4n) is 1.70. The maximum absolute atomic E-state index is 10.4. The van der Waals surface area contributed by atoms with Gasteiger partial charge in [-0.25, -0.2) is 0 Å². The first-order chi connectivity index (χ1) is 7.75. The number of furan rings is 1. The van der Waals surface area contributed by atoms with E-state index in [1.54, 1.807) is 6.07 Å². The standard InChI is InChI=1S/C10H14N2O4/c13-12(14)10-4-3-9(16-10)7-15-8-2-1-5-11-6-8/h3-4,8,11H,1-2,5-7H2. The molecule has 2 heterocycles. The minimum atomic E-state index is -0.550. The number of hydrogen-bond acceptors (Lipinski definition) is 5. The van der Waals surface area contributed by atoms with Crippen LogP contribution in [0.1, 0.15) is 18.6 Å². The molecule has 1 unspecified atom stereocenters. The second-order valence-corrected chi connectivity index (χ2v) is 3.78. The molecule has 1 saturated heterocycles. The second-order valence-electron chi connectivity index (χ2n) is 3.78. The highest BCUT2D eigenvalue weighted by Gasteiger charge is 2.16. The molecule has 2 rings (SSSR count). The molecule has 0 aliphatic carbocycles. The van der Waals surface area contributed by atoms with Crippen LogP contribution in [0.3, 0.4) is 0 Å². The van der Waals surface area contributed by atoms with E-state index in [-0.39, 0.29) is 12.0 Å². The van der Waals surface area contributed by atoms with Gasteiger partial charge in [-0.3, -0.25) is 10.1 Å². The summed E-state index contributed by atoms with van der Waals surface area (Å²) >= 11 is 0. The van der Waals surface area contributed by atoms with Crippen molar-refractivity contribution in [1.82, 2.24) is 5.32 Å². The van der Waals surface area contributed by atoms with Gasteiger partial charge < -0.3 is 14.5 Å². The Balaban J connectivity index is 1.81. The molecule has 88 valence electrons. The molecule has 1 aromatic rings. The molecule has 6 heteroatoms. The van der Waals surface area contributed by atoms with Gasteiger partial charge >= 0.3 is 5.88 Å². The third-order valence-electron chi connectivity index (χ3n) is 2.54. The van der Waals surface area contributed by atoms with Crippen LogP contribution in [0.4, 0.5) is 5.88 Å². The molecule has 16 heavy (non-hydrogen) atoms. The van der Waals surface area contributed by atoms with Gasteiger partial charge in [-0.1, -0.05) is 0 Å². The van der Waals surface area contributed by atoms with Crippen LogP contribution >= 0.6 is 0 Å². The summed E-state index contributed by atoms with van der Waals surface area (Å²) < 4.78 is 10.6. The van der Waals surface area contributed by atoms with E-state index in [2.05, 4.69) is 5.32 Å². The summed E-state index contributed by atoms with van der Waals surface area (Å²) in [6.07, 6.45) is 2.30. The fraction of sp³-hybridized carbons (Fsp3) is 0.600. The van der Waals surface area contributed by atoms with E-state index in [0.29, 0.717) is 12.4 Å². The topological polar surface area (TPSA) is 77.5 Å². The highest BCUT2D eigenvalue weighted by atomic mass is 16.6. The summed E-state index contributed by atoms with van der Waals surface area (Å²) in [5.41, 5.74) is 0. The van der Waals surface area contributed by atoms with Gasteiger partial charge in [0.1, 0.15) is 17.3 Å².